The quantitative estimate of drug-likeness (QED) is 0.694. The zero-order chi connectivity index (χ0) is 16.6. The van der Waals surface area contributed by atoms with Crippen LogP contribution in [0.2, 0.25) is 10.0 Å². The third kappa shape index (κ3) is 3.34. The van der Waals surface area contributed by atoms with Gasteiger partial charge in [0, 0.05) is 11.4 Å². The van der Waals surface area contributed by atoms with E-state index in [-0.39, 0.29) is 17.6 Å². The third-order valence-corrected chi connectivity index (χ3v) is 4.30. The third-order valence-electron chi connectivity index (χ3n) is 3.55. The Morgan fingerprint density at radius 2 is 1.87 bits per heavy atom. The van der Waals surface area contributed by atoms with Gasteiger partial charge in [-0.25, -0.2) is 4.39 Å². The van der Waals surface area contributed by atoms with Gasteiger partial charge < -0.3 is 0 Å². The summed E-state index contributed by atoms with van der Waals surface area (Å²) in [5.74, 6) is -0.336. The second kappa shape index (κ2) is 6.48. The van der Waals surface area contributed by atoms with Gasteiger partial charge in [-0.3, -0.25) is 9.80 Å². The van der Waals surface area contributed by atoms with Crippen LogP contribution in [0.15, 0.2) is 47.6 Å². The van der Waals surface area contributed by atoms with Crippen molar-refractivity contribution in [1.82, 2.24) is 0 Å². The molecular formula is C16H10Cl3FN2O. The number of hydrogen-bond donors (Lipinski definition) is 0. The molecule has 0 N–H and O–H groups in total. The molecule has 2 aromatic rings. The summed E-state index contributed by atoms with van der Waals surface area (Å²) in [7, 11) is 0. The fourth-order valence-corrected chi connectivity index (χ4v) is 3.07. The highest BCUT2D eigenvalue weighted by Crippen LogP contribution is 2.39. The Morgan fingerprint density at radius 1 is 1.17 bits per heavy atom. The summed E-state index contributed by atoms with van der Waals surface area (Å²) in [5.41, 5.74) is 1.62. The van der Waals surface area contributed by atoms with Crippen LogP contribution in [0.3, 0.4) is 0 Å². The van der Waals surface area contributed by atoms with E-state index >= 15 is 0 Å². The van der Waals surface area contributed by atoms with E-state index in [1.54, 1.807) is 35.3 Å². The molecule has 0 aromatic heterocycles. The van der Waals surface area contributed by atoms with Gasteiger partial charge in [-0.05, 0) is 47.5 Å². The topological polar surface area (TPSA) is 32.7 Å². The van der Waals surface area contributed by atoms with Crippen LogP contribution < -0.4 is 5.01 Å². The average Bonchev–Trinajstić information content (AvgIpc) is 2.93. The van der Waals surface area contributed by atoms with Gasteiger partial charge in [0.15, 0.2) is 0 Å². The molecule has 0 bridgehead atoms. The number of nitrogens with zero attached hydrogens (tertiary/aromatic N) is 2. The SMILES string of the molecule is O=C(Cl)C1=NN(c2ccc(Cl)cc2Cl)C(c2ccc(F)cc2)C1. The number of anilines is 1. The van der Waals surface area contributed by atoms with E-state index in [9.17, 15) is 9.18 Å². The smallest absolute Gasteiger partial charge is 0.268 e. The van der Waals surface area contributed by atoms with Crippen LogP contribution in [-0.2, 0) is 4.79 Å². The molecule has 1 aliphatic rings. The second-order valence-corrected chi connectivity index (χ2v) is 6.22. The molecule has 1 aliphatic heterocycles. The Morgan fingerprint density at radius 3 is 2.48 bits per heavy atom. The minimum atomic E-state index is -0.621. The molecule has 0 saturated carbocycles. The lowest BCUT2D eigenvalue weighted by Crippen LogP contribution is -2.19. The first kappa shape index (κ1) is 16.2. The predicted molar refractivity (Wildman–Crippen MR) is 91.0 cm³/mol. The number of carbonyl (C=O) groups is 1. The highest BCUT2D eigenvalue weighted by molar-refractivity contribution is 6.82. The summed E-state index contributed by atoms with van der Waals surface area (Å²) in [4.78, 5) is 11.5. The zero-order valence-corrected chi connectivity index (χ0v) is 13.9. The molecule has 1 unspecified atom stereocenters. The summed E-state index contributed by atoms with van der Waals surface area (Å²) < 4.78 is 13.2. The lowest BCUT2D eigenvalue weighted by molar-refractivity contribution is -0.106. The molecule has 0 amide bonds. The summed E-state index contributed by atoms with van der Waals surface area (Å²) in [6.07, 6.45) is 0.312. The van der Waals surface area contributed by atoms with Crippen LogP contribution in [0.5, 0.6) is 0 Å². The molecule has 0 radical (unpaired) electrons. The second-order valence-electron chi connectivity index (χ2n) is 5.03. The van der Waals surface area contributed by atoms with Gasteiger partial charge in [0.2, 0.25) is 0 Å². The molecule has 7 heteroatoms. The first-order valence-electron chi connectivity index (χ1n) is 6.73. The molecule has 1 heterocycles. The normalized spacial score (nSPS) is 17.3. The standard InChI is InChI=1S/C16H10Cl3FN2O/c17-10-3-6-14(12(18)7-10)22-15(8-13(21-22)16(19)23)9-1-4-11(20)5-2-9/h1-7,15H,8H2. The monoisotopic (exact) mass is 370 g/mol. The number of halogens is 4. The molecule has 3 nitrogen and oxygen atoms in total. The van der Waals surface area contributed by atoms with Gasteiger partial charge in [0.1, 0.15) is 11.5 Å². The number of hydrazone groups is 1. The van der Waals surface area contributed by atoms with E-state index < -0.39 is 5.24 Å². The molecule has 3 rings (SSSR count). The fraction of sp³-hybridized carbons (Fsp3) is 0.125. The minimum absolute atomic E-state index is 0.229. The molecule has 0 fully saturated rings. The van der Waals surface area contributed by atoms with Crippen molar-refractivity contribution in [1.29, 1.82) is 0 Å². The van der Waals surface area contributed by atoms with E-state index in [1.165, 1.54) is 12.1 Å². The largest absolute Gasteiger partial charge is 0.274 e. The van der Waals surface area contributed by atoms with Crippen molar-refractivity contribution < 1.29 is 9.18 Å². The minimum Gasteiger partial charge on any atom is -0.274 e. The Balaban J connectivity index is 2.04. The van der Waals surface area contributed by atoms with E-state index in [4.69, 9.17) is 34.8 Å². The summed E-state index contributed by atoms with van der Waals surface area (Å²) in [6, 6.07) is 10.7. The molecule has 0 aliphatic carbocycles. The van der Waals surface area contributed by atoms with Gasteiger partial charge in [-0.15, -0.1) is 0 Å². The van der Waals surface area contributed by atoms with Crippen molar-refractivity contribution in [2.24, 2.45) is 5.10 Å². The van der Waals surface area contributed by atoms with Crippen molar-refractivity contribution in [3.63, 3.8) is 0 Å². The zero-order valence-electron chi connectivity index (χ0n) is 11.6. The predicted octanol–water partition coefficient (Wildman–Crippen LogP) is 5.21. The Labute approximate surface area is 147 Å². The van der Waals surface area contributed by atoms with Gasteiger partial charge in [0.05, 0.1) is 16.8 Å². The summed E-state index contributed by atoms with van der Waals surface area (Å²) in [5, 5.41) is 6.16. The molecule has 1 atom stereocenters. The van der Waals surface area contributed by atoms with E-state index in [0.717, 1.165) is 5.56 Å². The van der Waals surface area contributed by atoms with Crippen molar-refractivity contribution in [2.75, 3.05) is 5.01 Å². The molecule has 23 heavy (non-hydrogen) atoms. The lowest BCUT2D eigenvalue weighted by Gasteiger charge is -2.25. The van der Waals surface area contributed by atoms with Crippen molar-refractivity contribution >= 4 is 51.4 Å². The number of hydrogen-bond acceptors (Lipinski definition) is 3. The van der Waals surface area contributed by atoms with Gasteiger partial charge in [0.25, 0.3) is 5.24 Å². The van der Waals surface area contributed by atoms with E-state index in [2.05, 4.69) is 5.10 Å². The average molecular weight is 372 g/mol. The number of rotatable bonds is 3. The Kier molecular flexibility index (Phi) is 4.57. The van der Waals surface area contributed by atoms with Crippen molar-refractivity contribution in [3.8, 4) is 0 Å². The van der Waals surface area contributed by atoms with Crippen LogP contribution in [-0.4, -0.2) is 11.0 Å². The van der Waals surface area contributed by atoms with Gasteiger partial charge in [-0.2, -0.15) is 5.10 Å². The first-order chi connectivity index (χ1) is 11.0. The number of carbonyl (C=O) groups excluding carboxylic acids is 1. The van der Waals surface area contributed by atoms with Crippen LogP contribution >= 0.6 is 34.8 Å². The number of benzene rings is 2. The van der Waals surface area contributed by atoms with Crippen LogP contribution in [0.25, 0.3) is 0 Å². The van der Waals surface area contributed by atoms with Gasteiger partial charge >= 0.3 is 0 Å². The Hall–Kier alpha value is -1.62. The molecule has 118 valence electrons. The summed E-state index contributed by atoms with van der Waals surface area (Å²) >= 11 is 17.7. The fourth-order valence-electron chi connectivity index (χ4n) is 2.46. The van der Waals surface area contributed by atoms with E-state index in [0.29, 0.717) is 22.2 Å². The summed E-state index contributed by atoms with van der Waals surface area (Å²) in [6.45, 7) is 0. The van der Waals surface area contributed by atoms with Crippen LogP contribution in [0, 0.1) is 5.82 Å². The molecule has 0 saturated heterocycles. The molecule has 2 aromatic carbocycles. The maximum absolute atomic E-state index is 13.2. The Bertz CT molecular complexity index is 792. The van der Waals surface area contributed by atoms with Crippen LogP contribution in [0.4, 0.5) is 10.1 Å². The van der Waals surface area contributed by atoms with Crippen molar-refractivity contribution in [3.05, 3.63) is 63.9 Å². The maximum atomic E-state index is 13.2. The highest BCUT2D eigenvalue weighted by atomic mass is 35.5. The van der Waals surface area contributed by atoms with Crippen LogP contribution in [0.1, 0.15) is 18.0 Å². The highest BCUT2D eigenvalue weighted by Gasteiger charge is 2.32. The van der Waals surface area contributed by atoms with Crippen molar-refractivity contribution in [2.45, 2.75) is 12.5 Å². The molecule has 0 spiro atoms. The van der Waals surface area contributed by atoms with Gasteiger partial charge in [-0.1, -0.05) is 35.3 Å². The molecular weight excluding hydrogens is 362 g/mol. The first-order valence-corrected chi connectivity index (χ1v) is 7.86. The maximum Gasteiger partial charge on any atom is 0.268 e. The lowest BCUT2D eigenvalue weighted by atomic mass is 10.0. The van der Waals surface area contributed by atoms with E-state index in [1.807, 2.05) is 0 Å².